The molecule has 0 radical (unpaired) electrons. The van der Waals surface area contributed by atoms with Gasteiger partial charge in [-0.15, -0.1) is 0 Å². The summed E-state index contributed by atoms with van der Waals surface area (Å²) in [6.45, 7) is 1.03. The van der Waals surface area contributed by atoms with Gasteiger partial charge in [0.05, 0.1) is 17.3 Å². The molecule has 3 aliphatic heterocycles. The molecule has 0 aromatic heterocycles. The molecular weight excluding hydrogens is 439 g/mol. The molecule has 3 heterocycles. The normalized spacial score (nSPS) is 25.9. The number of carbonyl (C=O) groups excluding carboxylic acids is 3. The smallest absolute Gasteiger partial charge is 0.255 e. The van der Waals surface area contributed by atoms with E-state index in [0.717, 1.165) is 18.7 Å². The van der Waals surface area contributed by atoms with Crippen molar-refractivity contribution in [2.24, 2.45) is 0 Å². The minimum atomic E-state index is -2.52. The molecule has 1 unspecified atom stereocenters. The Morgan fingerprint density at radius 1 is 1.21 bits per heavy atom. The Morgan fingerprint density at radius 3 is 2.79 bits per heavy atom. The number of carbonyl (C=O) groups is 3. The van der Waals surface area contributed by atoms with Crippen molar-refractivity contribution in [3.63, 3.8) is 0 Å². The highest BCUT2D eigenvalue weighted by Gasteiger charge is 2.39. The highest BCUT2D eigenvalue weighted by molar-refractivity contribution is 6.06. The molecule has 9 heteroatoms. The summed E-state index contributed by atoms with van der Waals surface area (Å²) in [6, 6.07) is 7.28. The fourth-order valence-electron chi connectivity index (χ4n) is 4.33. The van der Waals surface area contributed by atoms with Crippen molar-refractivity contribution >= 4 is 23.4 Å². The maximum atomic E-state index is 14.9. The van der Waals surface area contributed by atoms with Gasteiger partial charge in [-0.1, -0.05) is 18.2 Å². The van der Waals surface area contributed by atoms with Crippen LogP contribution in [0, 0.1) is 5.82 Å². The van der Waals surface area contributed by atoms with Gasteiger partial charge in [-0.25, -0.2) is 4.39 Å². The first-order valence-electron chi connectivity index (χ1n) is 12.7. The van der Waals surface area contributed by atoms with Crippen molar-refractivity contribution in [2.45, 2.75) is 38.4 Å². The van der Waals surface area contributed by atoms with Crippen molar-refractivity contribution < 1.29 is 27.6 Å². The largest absolute Gasteiger partial charge is 0.381 e. The Bertz CT molecular complexity index is 1270. The average molecular weight is 470 g/mol. The van der Waals surface area contributed by atoms with Crippen molar-refractivity contribution in [1.29, 1.82) is 0 Å². The van der Waals surface area contributed by atoms with E-state index in [4.69, 9.17) is 8.85 Å². The predicted octanol–water partition coefficient (Wildman–Crippen LogP) is 2.03. The number of amides is 3. The predicted molar refractivity (Wildman–Crippen MR) is 122 cm³/mol. The third-order valence-electron chi connectivity index (χ3n) is 6.19. The standard InChI is InChI=1S/C25H27FN4O4/c26-20-12-16(14-29-8-10-34-11-9-29)4-5-17(20)13-27-21-3-1-2-18-19(21)15-30(25(18)33)22-6-7-23(31)28-24(22)32/h1-5,12,22,27H,6-11,13-15H2,(H,28,31,32)/i15D2,22D. The Labute approximate surface area is 201 Å². The summed E-state index contributed by atoms with van der Waals surface area (Å²) in [5.41, 5.74) is 1.44. The number of anilines is 1. The van der Waals surface area contributed by atoms with Gasteiger partial charge in [-0.3, -0.25) is 24.6 Å². The number of halogens is 1. The van der Waals surface area contributed by atoms with Crippen LogP contribution in [0.4, 0.5) is 10.1 Å². The lowest BCUT2D eigenvalue weighted by atomic mass is 10.0. The molecule has 8 nitrogen and oxygen atoms in total. The number of morpholine rings is 1. The van der Waals surface area contributed by atoms with Crippen LogP contribution in [-0.4, -0.2) is 59.8 Å². The van der Waals surface area contributed by atoms with E-state index in [1.807, 2.05) is 11.4 Å². The second-order valence-electron chi connectivity index (χ2n) is 8.47. The molecule has 0 saturated carbocycles. The summed E-state index contributed by atoms with van der Waals surface area (Å²) in [7, 11) is 0. The second kappa shape index (κ2) is 9.52. The fourth-order valence-corrected chi connectivity index (χ4v) is 4.33. The number of imide groups is 1. The summed E-state index contributed by atoms with van der Waals surface area (Å²) >= 11 is 0. The molecule has 2 aromatic carbocycles. The van der Waals surface area contributed by atoms with Gasteiger partial charge in [-0.2, -0.15) is 0 Å². The molecule has 2 fully saturated rings. The Kier molecular flexibility index (Phi) is 5.33. The zero-order chi connectivity index (χ0) is 26.4. The van der Waals surface area contributed by atoms with Crippen LogP contribution in [0.2, 0.25) is 0 Å². The number of hydrogen-bond donors (Lipinski definition) is 2. The second-order valence-corrected chi connectivity index (χ2v) is 8.47. The number of rotatable bonds is 6. The van der Waals surface area contributed by atoms with E-state index < -0.39 is 36.1 Å². The number of ether oxygens (including phenoxy) is 1. The van der Waals surface area contributed by atoms with Crippen LogP contribution in [-0.2, 0) is 33.9 Å². The van der Waals surface area contributed by atoms with E-state index >= 15 is 0 Å². The minimum absolute atomic E-state index is 0.00709. The van der Waals surface area contributed by atoms with Crippen molar-refractivity contribution in [3.05, 3.63) is 64.5 Å². The molecule has 178 valence electrons. The summed E-state index contributed by atoms with van der Waals surface area (Å²) in [6.07, 6.45) is -0.501. The number of benzene rings is 2. The zero-order valence-corrected chi connectivity index (χ0v) is 18.5. The van der Waals surface area contributed by atoms with Crippen molar-refractivity contribution in [2.75, 3.05) is 31.6 Å². The number of nitrogens with zero attached hydrogens (tertiary/aromatic N) is 2. The molecule has 5 rings (SSSR count). The van der Waals surface area contributed by atoms with Crippen LogP contribution in [0.25, 0.3) is 0 Å². The molecule has 2 N–H and O–H groups in total. The third-order valence-corrected chi connectivity index (χ3v) is 6.19. The van der Waals surface area contributed by atoms with Crippen LogP contribution in [0.15, 0.2) is 36.4 Å². The molecule has 2 saturated heterocycles. The monoisotopic (exact) mass is 469 g/mol. The van der Waals surface area contributed by atoms with E-state index in [0.29, 0.717) is 30.2 Å². The topological polar surface area (TPSA) is 91.0 Å². The number of hydrogen-bond acceptors (Lipinski definition) is 6. The number of fused-ring (bicyclic) bond motifs is 1. The quantitative estimate of drug-likeness (QED) is 0.630. The first-order valence-corrected chi connectivity index (χ1v) is 11.2. The van der Waals surface area contributed by atoms with Gasteiger partial charge >= 0.3 is 0 Å². The van der Waals surface area contributed by atoms with Crippen LogP contribution < -0.4 is 10.6 Å². The number of piperidine rings is 1. The molecule has 2 aromatic rings. The van der Waals surface area contributed by atoms with Gasteiger partial charge in [0, 0.05) is 61.5 Å². The lowest BCUT2D eigenvalue weighted by Crippen LogP contribution is -2.52. The van der Waals surface area contributed by atoms with Crippen molar-refractivity contribution in [3.8, 4) is 0 Å². The van der Waals surface area contributed by atoms with Crippen LogP contribution in [0.3, 0.4) is 0 Å². The van der Waals surface area contributed by atoms with E-state index in [-0.39, 0.29) is 36.2 Å². The SMILES string of the molecule is [2H]C1(N2C(=O)c3cccc(NCc4ccc(CN5CCOCC5)cc4F)c3C2([2H])[2H])CCC(=O)NC1=O. The molecule has 3 amide bonds. The van der Waals surface area contributed by atoms with E-state index in [1.54, 1.807) is 18.2 Å². The van der Waals surface area contributed by atoms with E-state index in [1.165, 1.54) is 12.1 Å². The van der Waals surface area contributed by atoms with Gasteiger partial charge in [0.25, 0.3) is 5.91 Å². The maximum absolute atomic E-state index is 14.9. The van der Waals surface area contributed by atoms with Gasteiger partial charge in [0.1, 0.15) is 11.8 Å². The van der Waals surface area contributed by atoms with Gasteiger partial charge in [0.2, 0.25) is 11.8 Å². The zero-order valence-electron chi connectivity index (χ0n) is 21.5. The molecule has 3 aliphatic rings. The molecule has 0 spiro atoms. The van der Waals surface area contributed by atoms with E-state index in [2.05, 4.69) is 10.2 Å². The van der Waals surface area contributed by atoms with E-state index in [9.17, 15) is 18.8 Å². The molecular formula is C25H27FN4O4. The molecule has 0 bridgehead atoms. The first kappa shape index (κ1) is 19.1. The molecule has 34 heavy (non-hydrogen) atoms. The van der Waals surface area contributed by atoms with Crippen molar-refractivity contribution in [1.82, 2.24) is 15.1 Å². The summed E-state index contributed by atoms with van der Waals surface area (Å²) in [5, 5.41) is 5.07. The lowest BCUT2D eigenvalue weighted by Gasteiger charge is -2.29. The Hall–Kier alpha value is -3.30. The summed E-state index contributed by atoms with van der Waals surface area (Å²) in [4.78, 5) is 40.2. The average Bonchev–Trinajstić information content (AvgIpc) is 3.08. The fraction of sp³-hybridized carbons (Fsp3) is 0.400. The number of nitrogens with one attached hydrogen (secondary N) is 2. The molecule has 0 aliphatic carbocycles. The first-order chi connectivity index (χ1) is 17.6. The minimum Gasteiger partial charge on any atom is -0.381 e. The summed E-state index contributed by atoms with van der Waals surface area (Å²) < 4.78 is 46.4. The highest BCUT2D eigenvalue weighted by atomic mass is 19.1. The van der Waals surface area contributed by atoms with Crippen LogP contribution in [0.5, 0.6) is 0 Å². The van der Waals surface area contributed by atoms with Crippen LogP contribution >= 0.6 is 0 Å². The Balaban J connectivity index is 1.36. The van der Waals surface area contributed by atoms with Gasteiger partial charge in [-0.05, 0) is 30.2 Å². The summed E-state index contributed by atoms with van der Waals surface area (Å²) in [5.74, 6) is -2.83. The van der Waals surface area contributed by atoms with Gasteiger partial charge in [0.15, 0.2) is 0 Å². The lowest BCUT2D eigenvalue weighted by molar-refractivity contribution is -0.136. The van der Waals surface area contributed by atoms with Gasteiger partial charge < -0.3 is 15.0 Å². The third kappa shape index (κ3) is 4.53. The van der Waals surface area contributed by atoms with Crippen LogP contribution in [0.1, 0.15) is 44.0 Å². The molecule has 1 atom stereocenters. The maximum Gasteiger partial charge on any atom is 0.255 e. The Morgan fingerprint density at radius 2 is 2.03 bits per heavy atom. The highest BCUT2D eigenvalue weighted by Crippen LogP contribution is 2.32.